The highest BCUT2D eigenvalue weighted by Crippen LogP contribution is 1.70. The maximum absolute atomic E-state index is 5.30. The van der Waals surface area contributed by atoms with E-state index < -0.39 is 0 Å². The smallest absolute Gasteiger partial charge is 0.115 e. The number of pyridine rings is 1. The quantitative estimate of drug-likeness (QED) is 0.455. The van der Waals surface area contributed by atoms with Crippen LogP contribution in [0.1, 0.15) is 0 Å². The van der Waals surface area contributed by atoms with Crippen molar-refractivity contribution in [1.29, 1.82) is 0 Å². The first-order valence-electron chi connectivity index (χ1n) is 2.05. The van der Waals surface area contributed by atoms with Gasteiger partial charge in [-0.05, 0) is 6.07 Å². The minimum Gasteiger partial charge on any atom is -0.265 e. The molecule has 0 aliphatic rings. The van der Waals surface area contributed by atoms with Gasteiger partial charge in [-0.3, -0.25) is 4.98 Å². The zero-order chi connectivity index (χ0) is 5.11. The van der Waals surface area contributed by atoms with Crippen molar-refractivity contribution < 1.29 is 0 Å². The van der Waals surface area contributed by atoms with Crippen molar-refractivity contribution in [2.24, 2.45) is 0 Å². The molecule has 0 unspecified atom stereocenters. The molecule has 0 spiro atoms. The van der Waals surface area contributed by atoms with Crippen molar-refractivity contribution in [2.45, 2.75) is 0 Å². The first-order valence-corrected chi connectivity index (χ1v) is 2.05. The van der Waals surface area contributed by atoms with E-state index in [0.29, 0.717) is 5.46 Å². The Bertz CT molecular complexity index is 142. The zero-order valence-corrected chi connectivity index (χ0v) is 5.06. The molecule has 0 bridgehead atoms. The van der Waals surface area contributed by atoms with Crippen molar-refractivity contribution >= 4 is 25.7 Å². The number of halogens is 1. The van der Waals surface area contributed by atoms with Crippen LogP contribution in [0.5, 0.6) is 0 Å². The molecule has 0 atom stereocenters. The number of hydrogen-bond donors (Lipinski definition) is 0. The Morgan fingerprint density at radius 2 is 2.25 bits per heavy atom. The highest BCUT2D eigenvalue weighted by molar-refractivity contribution is 6.31. The van der Waals surface area contributed by atoms with Crippen LogP contribution in [0.3, 0.4) is 0 Å². The van der Waals surface area contributed by atoms with Gasteiger partial charge in [0.05, 0.1) is 0 Å². The van der Waals surface area contributed by atoms with Gasteiger partial charge in [-0.2, -0.15) is 0 Å². The molecular weight excluding hydrogens is 120 g/mol. The normalized spacial score (nSPS) is 7.50. The molecule has 0 aromatic carbocycles. The number of hydrogen-bond acceptors (Lipinski definition) is 1. The van der Waals surface area contributed by atoms with E-state index in [0.717, 1.165) is 0 Å². The molecule has 0 saturated heterocycles. The van der Waals surface area contributed by atoms with Crippen molar-refractivity contribution in [1.82, 2.24) is 4.98 Å². The van der Waals surface area contributed by atoms with E-state index in [2.05, 4.69) is 4.98 Å². The Morgan fingerprint density at radius 1 is 1.50 bits per heavy atom. The lowest BCUT2D eigenvalue weighted by atomic mass is 10.00. The van der Waals surface area contributed by atoms with Crippen molar-refractivity contribution in [2.75, 3.05) is 0 Å². The summed E-state index contributed by atoms with van der Waals surface area (Å²) in [5.41, 5.74) is 0.711. The van der Waals surface area contributed by atoms with E-state index in [1.54, 1.807) is 24.5 Å². The first-order chi connectivity index (χ1) is 3.39. The molecule has 40 valence electrons. The largest absolute Gasteiger partial charge is 0.265 e. The number of aromatic nitrogens is 1. The average molecular weight is 125 g/mol. The summed E-state index contributed by atoms with van der Waals surface area (Å²) < 4.78 is 0. The van der Waals surface area contributed by atoms with Gasteiger partial charge in [-0.25, -0.2) is 0 Å². The van der Waals surface area contributed by atoms with Crippen LogP contribution < -0.4 is 5.46 Å². The summed E-state index contributed by atoms with van der Waals surface area (Å²) in [5, 5.41) is 0. The summed E-state index contributed by atoms with van der Waals surface area (Å²) in [6.45, 7) is 0. The van der Waals surface area contributed by atoms with Gasteiger partial charge in [-0.1, -0.05) is 11.5 Å². The average Bonchev–Trinajstić information content (AvgIpc) is 1.69. The molecule has 0 saturated carbocycles. The summed E-state index contributed by atoms with van der Waals surface area (Å²) in [6.07, 6.45) is 3.30. The molecule has 8 heavy (non-hydrogen) atoms. The molecule has 1 rings (SSSR count). The van der Waals surface area contributed by atoms with Gasteiger partial charge >= 0.3 is 0 Å². The van der Waals surface area contributed by atoms with Gasteiger partial charge < -0.3 is 0 Å². The predicted octanol–water partition coefficient (Wildman–Crippen LogP) is 0.297. The molecule has 1 heterocycles. The molecule has 3 heteroatoms. The molecule has 2 radical (unpaired) electrons. The Balaban J connectivity index is 0.000000490. The predicted molar refractivity (Wildman–Crippen MR) is 36.9 cm³/mol. The lowest BCUT2D eigenvalue weighted by Gasteiger charge is -1.82. The van der Waals surface area contributed by atoms with Gasteiger partial charge in [0.2, 0.25) is 0 Å². The minimum atomic E-state index is 0. The third kappa shape index (κ3) is 1.98. The van der Waals surface area contributed by atoms with Crippen LogP contribution in [0.4, 0.5) is 0 Å². The van der Waals surface area contributed by atoms with Crippen LogP contribution in [0.15, 0.2) is 24.5 Å². The summed E-state index contributed by atoms with van der Waals surface area (Å²) >= 11 is 0. The second-order valence-corrected chi connectivity index (χ2v) is 1.29. The Morgan fingerprint density at radius 3 is 2.50 bits per heavy atom. The topological polar surface area (TPSA) is 12.9 Å². The van der Waals surface area contributed by atoms with Crippen molar-refractivity contribution in [3.05, 3.63) is 24.5 Å². The van der Waals surface area contributed by atoms with Gasteiger partial charge in [0, 0.05) is 12.4 Å². The van der Waals surface area contributed by atoms with Gasteiger partial charge in [0.1, 0.15) is 7.85 Å². The fourth-order valence-corrected chi connectivity index (χ4v) is 0.376. The summed E-state index contributed by atoms with van der Waals surface area (Å²) in [4.78, 5) is 3.76. The zero-order valence-electron chi connectivity index (χ0n) is 4.24. The SMILES string of the molecule is Cl.[B]c1cccnc1. The minimum absolute atomic E-state index is 0. The van der Waals surface area contributed by atoms with E-state index >= 15 is 0 Å². The summed E-state index contributed by atoms with van der Waals surface area (Å²) in [7, 11) is 5.30. The fraction of sp³-hybridized carbons (Fsp3) is 0. The lowest BCUT2D eigenvalue weighted by molar-refractivity contribution is 1.35. The molecule has 1 nitrogen and oxygen atoms in total. The highest BCUT2D eigenvalue weighted by atomic mass is 35.5. The van der Waals surface area contributed by atoms with Crippen LogP contribution in [0.25, 0.3) is 0 Å². The first kappa shape index (κ1) is 7.50. The summed E-state index contributed by atoms with van der Waals surface area (Å²) in [5.74, 6) is 0. The van der Waals surface area contributed by atoms with Gasteiger partial charge in [-0.15, -0.1) is 12.4 Å². The van der Waals surface area contributed by atoms with Gasteiger partial charge in [0.25, 0.3) is 0 Å². The Labute approximate surface area is 56.0 Å². The van der Waals surface area contributed by atoms with Crippen molar-refractivity contribution in [3.63, 3.8) is 0 Å². The maximum atomic E-state index is 5.30. The van der Waals surface area contributed by atoms with E-state index in [4.69, 9.17) is 7.85 Å². The number of nitrogens with zero attached hydrogens (tertiary/aromatic N) is 1. The monoisotopic (exact) mass is 125 g/mol. The molecule has 1 aromatic rings. The number of rotatable bonds is 0. The van der Waals surface area contributed by atoms with E-state index in [-0.39, 0.29) is 12.4 Å². The van der Waals surface area contributed by atoms with Crippen LogP contribution in [0, 0.1) is 0 Å². The Kier molecular flexibility index (Phi) is 3.28. The molecule has 0 fully saturated rings. The molecule has 0 N–H and O–H groups in total. The molecular formula is C5H5BClN. The van der Waals surface area contributed by atoms with Crippen LogP contribution in [0.2, 0.25) is 0 Å². The lowest BCUT2D eigenvalue weighted by Crippen LogP contribution is -1.99. The molecule has 0 amide bonds. The third-order valence-corrected chi connectivity index (χ3v) is 0.684. The second kappa shape index (κ2) is 3.50. The fourth-order valence-electron chi connectivity index (χ4n) is 0.376. The van der Waals surface area contributed by atoms with E-state index in [9.17, 15) is 0 Å². The second-order valence-electron chi connectivity index (χ2n) is 1.29. The van der Waals surface area contributed by atoms with E-state index in [1.165, 1.54) is 0 Å². The van der Waals surface area contributed by atoms with Crippen LogP contribution in [-0.2, 0) is 0 Å². The maximum Gasteiger partial charge on any atom is 0.115 e. The van der Waals surface area contributed by atoms with Crippen molar-refractivity contribution in [3.8, 4) is 0 Å². The van der Waals surface area contributed by atoms with E-state index in [1.807, 2.05) is 0 Å². The van der Waals surface area contributed by atoms with Crippen LogP contribution in [-0.4, -0.2) is 12.8 Å². The standard InChI is InChI=1S/C5H4BN.ClH/c6-5-2-1-3-7-4-5;/h1-4H;1H. The Hall–Kier alpha value is -0.495. The molecule has 0 aliphatic carbocycles. The molecule has 1 aromatic heterocycles. The highest BCUT2D eigenvalue weighted by Gasteiger charge is 1.73. The third-order valence-electron chi connectivity index (χ3n) is 0.684. The van der Waals surface area contributed by atoms with Crippen LogP contribution >= 0.6 is 12.4 Å². The summed E-state index contributed by atoms with van der Waals surface area (Å²) in [6, 6.07) is 3.60. The van der Waals surface area contributed by atoms with Gasteiger partial charge in [0.15, 0.2) is 0 Å². The molecule has 0 aliphatic heterocycles.